The number of rotatable bonds is 4. The topological polar surface area (TPSA) is 29.1 Å². The van der Waals surface area contributed by atoms with Gasteiger partial charge in [0.2, 0.25) is 5.91 Å². The van der Waals surface area contributed by atoms with Crippen LogP contribution in [0, 0.1) is 19.7 Å². The molecule has 0 unspecified atom stereocenters. The first-order valence-electron chi connectivity index (χ1n) is 6.77. The number of carbonyl (C=O) groups is 1. The lowest BCUT2D eigenvalue weighted by atomic mass is 10.0. The summed E-state index contributed by atoms with van der Waals surface area (Å²) in [6, 6.07) is 10.2. The molecule has 2 rings (SSSR count). The molecular formula is C17H17ClFNO. The van der Waals surface area contributed by atoms with Crippen LogP contribution < -0.4 is 5.32 Å². The molecule has 1 amide bonds. The van der Waals surface area contributed by atoms with Gasteiger partial charge in [-0.1, -0.05) is 35.4 Å². The molecule has 0 saturated carbocycles. The molecule has 0 aromatic heterocycles. The fourth-order valence-electron chi connectivity index (χ4n) is 2.18. The average Bonchev–Trinajstić information content (AvgIpc) is 2.42. The second-order valence-electron chi connectivity index (χ2n) is 5.10. The van der Waals surface area contributed by atoms with E-state index in [1.165, 1.54) is 23.8 Å². The van der Waals surface area contributed by atoms with Crippen molar-refractivity contribution in [3.63, 3.8) is 0 Å². The Balaban J connectivity index is 1.97. The van der Waals surface area contributed by atoms with E-state index in [0.717, 1.165) is 11.1 Å². The van der Waals surface area contributed by atoms with Crippen LogP contribution in [0.15, 0.2) is 36.4 Å². The highest BCUT2D eigenvalue weighted by atomic mass is 35.5. The Bertz CT molecular complexity index is 670. The zero-order valence-electron chi connectivity index (χ0n) is 12.0. The number of aryl methyl sites for hydroxylation is 3. The molecule has 0 saturated heterocycles. The monoisotopic (exact) mass is 305 g/mol. The van der Waals surface area contributed by atoms with Crippen LogP contribution in [0.2, 0.25) is 5.02 Å². The summed E-state index contributed by atoms with van der Waals surface area (Å²) in [6.45, 7) is 4.06. The number of nitrogens with one attached hydrogen (secondary N) is 1. The number of anilines is 1. The Kier molecular flexibility index (Phi) is 4.97. The van der Waals surface area contributed by atoms with Crippen LogP contribution in [0.1, 0.15) is 23.1 Å². The number of hydrogen-bond donors (Lipinski definition) is 1. The van der Waals surface area contributed by atoms with E-state index >= 15 is 0 Å². The Labute approximate surface area is 128 Å². The van der Waals surface area contributed by atoms with Crippen molar-refractivity contribution in [3.05, 3.63) is 63.9 Å². The first kappa shape index (κ1) is 15.5. The van der Waals surface area contributed by atoms with Crippen LogP contribution in [0.3, 0.4) is 0 Å². The van der Waals surface area contributed by atoms with Gasteiger partial charge in [-0.3, -0.25) is 4.79 Å². The molecule has 4 heteroatoms. The molecule has 0 fully saturated rings. The van der Waals surface area contributed by atoms with Gasteiger partial charge in [0.25, 0.3) is 0 Å². The second kappa shape index (κ2) is 6.72. The van der Waals surface area contributed by atoms with Gasteiger partial charge in [-0.15, -0.1) is 0 Å². The summed E-state index contributed by atoms with van der Waals surface area (Å²) in [5, 5.41) is 2.94. The Morgan fingerprint density at radius 3 is 2.67 bits per heavy atom. The van der Waals surface area contributed by atoms with Gasteiger partial charge in [0.15, 0.2) is 0 Å². The molecule has 0 bridgehead atoms. The quantitative estimate of drug-likeness (QED) is 0.874. The van der Waals surface area contributed by atoms with Crippen molar-refractivity contribution in [2.24, 2.45) is 0 Å². The molecule has 0 radical (unpaired) electrons. The summed E-state index contributed by atoms with van der Waals surface area (Å²) in [5.74, 6) is -0.713. The van der Waals surface area contributed by atoms with Crippen molar-refractivity contribution in [1.82, 2.24) is 0 Å². The van der Waals surface area contributed by atoms with Crippen molar-refractivity contribution >= 4 is 23.2 Å². The normalized spacial score (nSPS) is 10.5. The third-order valence-electron chi connectivity index (χ3n) is 3.32. The highest BCUT2D eigenvalue weighted by Gasteiger charge is 2.09. The van der Waals surface area contributed by atoms with Gasteiger partial charge in [0.1, 0.15) is 5.82 Å². The highest BCUT2D eigenvalue weighted by Crippen LogP contribution is 2.20. The molecule has 0 heterocycles. The van der Waals surface area contributed by atoms with Gasteiger partial charge in [-0.2, -0.15) is 0 Å². The van der Waals surface area contributed by atoms with Crippen LogP contribution in [0.4, 0.5) is 10.1 Å². The van der Waals surface area contributed by atoms with Crippen molar-refractivity contribution in [2.75, 3.05) is 5.32 Å². The molecule has 2 aromatic rings. The maximum absolute atomic E-state index is 13.5. The molecule has 1 N–H and O–H groups in total. The Morgan fingerprint density at radius 1 is 1.19 bits per heavy atom. The number of benzene rings is 2. The number of halogens is 2. The molecule has 0 aliphatic carbocycles. The lowest BCUT2D eigenvalue weighted by Crippen LogP contribution is -2.13. The Hall–Kier alpha value is -1.87. The van der Waals surface area contributed by atoms with E-state index in [-0.39, 0.29) is 11.6 Å². The summed E-state index contributed by atoms with van der Waals surface area (Å²) in [6.07, 6.45) is 0.927. The van der Waals surface area contributed by atoms with E-state index in [9.17, 15) is 9.18 Å². The van der Waals surface area contributed by atoms with Gasteiger partial charge >= 0.3 is 0 Å². The van der Waals surface area contributed by atoms with Crippen LogP contribution in [0.5, 0.6) is 0 Å². The van der Waals surface area contributed by atoms with Crippen LogP contribution >= 0.6 is 11.6 Å². The summed E-state index contributed by atoms with van der Waals surface area (Å²) in [5.41, 5.74) is 3.61. The molecule has 0 atom stereocenters. The van der Waals surface area contributed by atoms with Gasteiger partial charge in [-0.05, 0) is 49.6 Å². The molecule has 0 aliphatic rings. The summed E-state index contributed by atoms with van der Waals surface area (Å²) in [7, 11) is 0. The van der Waals surface area contributed by atoms with Crippen LogP contribution in [-0.4, -0.2) is 5.91 Å². The van der Waals surface area contributed by atoms with E-state index in [1.54, 1.807) is 0 Å². The largest absolute Gasteiger partial charge is 0.324 e. The minimum Gasteiger partial charge on any atom is -0.324 e. The molecule has 2 aromatic carbocycles. The van der Waals surface area contributed by atoms with Crippen LogP contribution in [-0.2, 0) is 11.2 Å². The average molecular weight is 306 g/mol. The predicted octanol–water partition coefficient (Wildman–Crippen LogP) is 4.67. The summed E-state index contributed by atoms with van der Waals surface area (Å²) in [4.78, 5) is 11.9. The minimum absolute atomic E-state index is 0.119. The zero-order chi connectivity index (χ0) is 15.4. The summed E-state index contributed by atoms with van der Waals surface area (Å²) >= 11 is 5.79. The number of carbonyl (C=O) groups excluding carboxylic acids is 1. The highest BCUT2D eigenvalue weighted by molar-refractivity contribution is 6.30. The van der Waals surface area contributed by atoms with Gasteiger partial charge in [0.05, 0.1) is 5.69 Å². The van der Waals surface area contributed by atoms with E-state index in [4.69, 9.17) is 11.6 Å². The molecule has 21 heavy (non-hydrogen) atoms. The fraction of sp³-hybridized carbons (Fsp3) is 0.235. The van der Waals surface area contributed by atoms with Crippen molar-refractivity contribution in [1.29, 1.82) is 0 Å². The van der Waals surface area contributed by atoms with Gasteiger partial charge in [0, 0.05) is 11.4 Å². The third-order valence-corrected chi connectivity index (χ3v) is 3.56. The standard InChI is InChI=1S/C17H17ClFNO/c1-11-3-4-13(12(2)9-11)5-8-17(21)20-16-10-14(18)6-7-15(16)19/h3-4,6-7,9-10H,5,8H2,1-2H3,(H,20,21). The predicted molar refractivity (Wildman–Crippen MR) is 84.3 cm³/mol. The minimum atomic E-state index is -0.487. The molecule has 0 aliphatic heterocycles. The number of hydrogen-bond acceptors (Lipinski definition) is 1. The van der Waals surface area contributed by atoms with Crippen molar-refractivity contribution < 1.29 is 9.18 Å². The molecular weight excluding hydrogens is 289 g/mol. The van der Waals surface area contributed by atoms with E-state index < -0.39 is 5.82 Å². The number of amides is 1. The van der Waals surface area contributed by atoms with E-state index in [0.29, 0.717) is 17.9 Å². The second-order valence-corrected chi connectivity index (χ2v) is 5.54. The molecule has 110 valence electrons. The van der Waals surface area contributed by atoms with Gasteiger partial charge in [-0.25, -0.2) is 4.39 Å². The first-order chi connectivity index (χ1) is 9.95. The maximum Gasteiger partial charge on any atom is 0.224 e. The van der Waals surface area contributed by atoms with E-state index in [2.05, 4.69) is 11.4 Å². The molecule has 2 nitrogen and oxygen atoms in total. The fourth-order valence-corrected chi connectivity index (χ4v) is 2.35. The van der Waals surface area contributed by atoms with Crippen LogP contribution in [0.25, 0.3) is 0 Å². The first-order valence-corrected chi connectivity index (χ1v) is 7.14. The summed E-state index contributed by atoms with van der Waals surface area (Å²) < 4.78 is 13.5. The van der Waals surface area contributed by atoms with Crippen molar-refractivity contribution in [2.45, 2.75) is 26.7 Å². The molecule has 0 spiro atoms. The van der Waals surface area contributed by atoms with Crippen molar-refractivity contribution in [3.8, 4) is 0 Å². The van der Waals surface area contributed by atoms with Gasteiger partial charge < -0.3 is 5.32 Å². The van der Waals surface area contributed by atoms with E-state index in [1.807, 2.05) is 26.0 Å². The maximum atomic E-state index is 13.5. The smallest absolute Gasteiger partial charge is 0.224 e. The third kappa shape index (κ3) is 4.30. The SMILES string of the molecule is Cc1ccc(CCC(=O)Nc2cc(Cl)ccc2F)c(C)c1. The zero-order valence-corrected chi connectivity index (χ0v) is 12.8. The lowest BCUT2D eigenvalue weighted by molar-refractivity contribution is -0.116. The Morgan fingerprint density at radius 2 is 1.95 bits per heavy atom. The lowest BCUT2D eigenvalue weighted by Gasteiger charge is -2.09.